The topological polar surface area (TPSA) is 91.9 Å². The van der Waals surface area contributed by atoms with Gasteiger partial charge < -0.3 is 29.2 Å². The van der Waals surface area contributed by atoms with Crippen LogP contribution < -0.4 is 19.1 Å². The van der Waals surface area contributed by atoms with Crippen LogP contribution in [0.1, 0.15) is 12.8 Å². The summed E-state index contributed by atoms with van der Waals surface area (Å²) in [6.07, 6.45) is 3.32. The van der Waals surface area contributed by atoms with Gasteiger partial charge in [0.1, 0.15) is 24.3 Å². The maximum atomic E-state index is 10.8. The first-order valence-electron chi connectivity index (χ1n) is 11.3. The van der Waals surface area contributed by atoms with E-state index in [1.54, 1.807) is 4.57 Å². The smallest absolute Gasteiger partial charge is 0.414 e. The molecule has 2 aliphatic rings. The Morgan fingerprint density at radius 1 is 1.03 bits per heavy atom. The van der Waals surface area contributed by atoms with E-state index < -0.39 is 4.92 Å². The molecule has 0 aliphatic carbocycles. The number of hydrogen-bond acceptors (Lipinski definition) is 7. The van der Waals surface area contributed by atoms with Crippen molar-refractivity contribution >= 4 is 23.1 Å². The van der Waals surface area contributed by atoms with Crippen LogP contribution in [0.25, 0.3) is 0 Å². The highest BCUT2D eigenvalue weighted by Gasteiger charge is 2.31. The Morgan fingerprint density at radius 2 is 1.68 bits per heavy atom. The second-order valence-electron chi connectivity index (χ2n) is 8.53. The van der Waals surface area contributed by atoms with E-state index in [-0.39, 0.29) is 17.9 Å². The first kappa shape index (κ1) is 22.3. The van der Waals surface area contributed by atoms with E-state index in [1.807, 2.05) is 36.4 Å². The van der Waals surface area contributed by atoms with Crippen molar-refractivity contribution < 1.29 is 19.1 Å². The molecule has 0 radical (unpaired) electrons. The maximum Gasteiger partial charge on any atom is 0.414 e. The molecule has 0 spiro atoms. The average molecular weight is 485 g/mol. The zero-order chi connectivity index (χ0) is 23.5. The van der Waals surface area contributed by atoms with Crippen molar-refractivity contribution in [1.29, 1.82) is 0 Å². The molecular formula is C24H25ClN4O5. The van der Waals surface area contributed by atoms with Crippen LogP contribution in [0.15, 0.2) is 54.7 Å². The van der Waals surface area contributed by atoms with Crippen LogP contribution in [0, 0.1) is 16.0 Å². The largest absolute Gasteiger partial charge is 0.493 e. The number of rotatable bonds is 8. The fourth-order valence-electron chi connectivity index (χ4n) is 4.24. The highest BCUT2D eigenvalue weighted by atomic mass is 35.5. The van der Waals surface area contributed by atoms with Crippen LogP contribution in [0.5, 0.6) is 17.5 Å². The van der Waals surface area contributed by atoms with Crippen LogP contribution in [-0.4, -0.2) is 46.9 Å². The third-order valence-electron chi connectivity index (χ3n) is 6.14. The van der Waals surface area contributed by atoms with Crippen molar-refractivity contribution in [2.75, 3.05) is 31.2 Å². The summed E-state index contributed by atoms with van der Waals surface area (Å²) < 4.78 is 19.1. The summed E-state index contributed by atoms with van der Waals surface area (Å²) in [5.74, 6) is 1.95. The minimum atomic E-state index is -0.528. The number of anilines is 1. The average Bonchev–Trinajstić information content (AvgIpc) is 3.43. The SMILES string of the molecule is O=[N+]([O-])c1cn2c(n1)O[C@H](COc1ccc(N3CCC(COc4ccc(Cl)cc4)CC3)cc1)C2. The van der Waals surface area contributed by atoms with E-state index in [0.717, 1.165) is 44.0 Å². The Kier molecular flexibility index (Phi) is 6.44. The number of ether oxygens (including phenoxy) is 3. The van der Waals surface area contributed by atoms with Crippen LogP contribution in [0.3, 0.4) is 0 Å². The molecule has 9 nitrogen and oxygen atoms in total. The molecule has 0 bridgehead atoms. The minimum Gasteiger partial charge on any atom is -0.493 e. The summed E-state index contributed by atoms with van der Waals surface area (Å²) in [5, 5.41) is 11.5. The third kappa shape index (κ3) is 5.20. The molecule has 1 fully saturated rings. The van der Waals surface area contributed by atoms with Gasteiger partial charge in [0, 0.05) is 28.8 Å². The van der Waals surface area contributed by atoms with Crippen LogP contribution >= 0.6 is 11.6 Å². The fourth-order valence-corrected chi connectivity index (χ4v) is 4.36. The van der Waals surface area contributed by atoms with Gasteiger partial charge in [-0.3, -0.25) is 4.57 Å². The van der Waals surface area contributed by atoms with Gasteiger partial charge in [0.05, 0.1) is 13.2 Å². The molecule has 5 rings (SSSR count). The van der Waals surface area contributed by atoms with E-state index >= 15 is 0 Å². The van der Waals surface area contributed by atoms with Gasteiger partial charge >= 0.3 is 11.8 Å². The van der Waals surface area contributed by atoms with Gasteiger partial charge in [-0.25, -0.2) is 0 Å². The molecule has 2 aliphatic heterocycles. The van der Waals surface area contributed by atoms with Gasteiger partial charge in [0.2, 0.25) is 0 Å². The Labute approximate surface area is 202 Å². The number of hydrogen-bond donors (Lipinski definition) is 0. The van der Waals surface area contributed by atoms with Crippen molar-refractivity contribution in [1.82, 2.24) is 9.55 Å². The first-order valence-corrected chi connectivity index (χ1v) is 11.7. The number of aromatic nitrogens is 2. The number of halogens is 1. The zero-order valence-corrected chi connectivity index (χ0v) is 19.3. The Balaban J connectivity index is 1.05. The van der Waals surface area contributed by atoms with Crippen molar-refractivity contribution in [2.45, 2.75) is 25.5 Å². The number of nitrogens with zero attached hydrogens (tertiary/aromatic N) is 4. The van der Waals surface area contributed by atoms with E-state index in [9.17, 15) is 10.1 Å². The van der Waals surface area contributed by atoms with Crippen molar-refractivity contribution in [3.63, 3.8) is 0 Å². The lowest BCUT2D eigenvalue weighted by Crippen LogP contribution is -2.35. The zero-order valence-electron chi connectivity index (χ0n) is 18.5. The molecule has 1 aromatic heterocycles. The Bertz CT molecular complexity index is 1100. The lowest BCUT2D eigenvalue weighted by atomic mass is 9.97. The third-order valence-corrected chi connectivity index (χ3v) is 6.39. The normalized spacial score (nSPS) is 17.8. The summed E-state index contributed by atoms with van der Waals surface area (Å²) in [7, 11) is 0. The standard InChI is InChI=1S/C24H25ClN4O5/c25-18-1-5-20(6-2-18)32-15-17-9-11-27(12-10-17)19-3-7-21(8-4-19)33-16-22-13-28-14-23(29(30)31)26-24(28)34-22/h1-8,14,17,22H,9-13,15-16H2/t22-/m0/s1. The van der Waals surface area contributed by atoms with E-state index in [1.165, 1.54) is 11.9 Å². The minimum absolute atomic E-state index is 0.205. The summed E-state index contributed by atoms with van der Waals surface area (Å²) in [6, 6.07) is 15.8. The molecule has 1 saturated heterocycles. The van der Waals surface area contributed by atoms with E-state index in [4.69, 9.17) is 25.8 Å². The van der Waals surface area contributed by atoms with Crippen LogP contribution in [0.4, 0.5) is 11.5 Å². The second kappa shape index (κ2) is 9.80. The van der Waals surface area contributed by atoms with Crippen molar-refractivity contribution in [3.05, 3.63) is 69.9 Å². The number of fused-ring (bicyclic) bond motifs is 1. The molecule has 3 heterocycles. The van der Waals surface area contributed by atoms with Gasteiger partial charge in [0.15, 0.2) is 6.10 Å². The van der Waals surface area contributed by atoms with Gasteiger partial charge in [-0.1, -0.05) is 11.6 Å². The number of imidazole rings is 1. The molecule has 0 amide bonds. The second-order valence-corrected chi connectivity index (χ2v) is 8.97. The number of piperidine rings is 1. The molecule has 1 atom stereocenters. The fraction of sp³-hybridized carbons (Fsp3) is 0.375. The highest BCUT2D eigenvalue weighted by Crippen LogP contribution is 2.28. The molecule has 2 aromatic carbocycles. The van der Waals surface area contributed by atoms with Gasteiger partial charge in [-0.15, -0.1) is 0 Å². The molecule has 0 N–H and O–H groups in total. The van der Waals surface area contributed by atoms with E-state index in [0.29, 0.717) is 24.1 Å². The van der Waals surface area contributed by atoms with Gasteiger partial charge in [0.25, 0.3) is 0 Å². The summed E-state index contributed by atoms with van der Waals surface area (Å²) >= 11 is 5.92. The van der Waals surface area contributed by atoms with Gasteiger partial charge in [-0.2, -0.15) is 0 Å². The molecular weight excluding hydrogens is 460 g/mol. The highest BCUT2D eigenvalue weighted by molar-refractivity contribution is 6.30. The molecule has 34 heavy (non-hydrogen) atoms. The predicted molar refractivity (Wildman–Crippen MR) is 127 cm³/mol. The van der Waals surface area contributed by atoms with Crippen molar-refractivity contribution in [2.24, 2.45) is 5.92 Å². The molecule has 0 unspecified atom stereocenters. The predicted octanol–water partition coefficient (Wildman–Crippen LogP) is 4.58. The first-order chi connectivity index (χ1) is 16.5. The van der Waals surface area contributed by atoms with Gasteiger partial charge in [-0.05, 0) is 72.2 Å². The maximum absolute atomic E-state index is 10.8. The van der Waals surface area contributed by atoms with Crippen LogP contribution in [0.2, 0.25) is 5.02 Å². The lowest BCUT2D eigenvalue weighted by Gasteiger charge is -2.33. The quantitative estimate of drug-likeness (QED) is 0.341. The van der Waals surface area contributed by atoms with Crippen LogP contribution in [-0.2, 0) is 6.54 Å². The Morgan fingerprint density at radius 3 is 2.32 bits per heavy atom. The van der Waals surface area contributed by atoms with Crippen molar-refractivity contribution in [3.8, 4) is 17.5 Å². The summed E-state index contributed by atoms with van der Waals surface area (Å²) in [6.45, 7) is 3.52. The lowest BCUT2D eigenvalue weighted by molar-refractivity contribution is -0.389. The number of nitro groups is 1. The summed E-state index contributed by atoms with van der Waals surface area (Å²) in [4.78, 5) is 16.5. The molecule has 178 valence electrons. The monoisotopic (exact) mass is 484 g/mol. The molecule has 3 aromatic rings. The molecule has 10 heteroatoms. The number of benzene rings is 2. The van der Waals surface area contributed by atoms with E-state index in [2.05, 4.69) is 22.0 Å². The Hall–Kier alpha value is -3.46. The molecule has 0 saturated carbocycles. The summed E-state index contributed by atoms with van der Waals surface area (Å²) in [5.41, 5.74) is 1.17.